The molecule has 0 fully saturated rings. The highest BCUT2D eigenvalue weighted by Crippen LogP contribution is 2.28. The molecule has 2 rings (SSSR count). The standard InChI is InChI=1S/C7H4N2O3S/c10-9(11)6-1-2-7-5(3-6)4-8-13-12-7/h1-4H. The van der Waals surface area contributed by atoms with Crippen molar-refractivity contribution in [2.75, 3.05) is 0 Å². The predicted molar refractivity (Wildman–Crippen MR) is 48.9 cm³/mol. The van der Waals surface area contributed by atoms with E-state index in [1.807, 2.05) is 0 Å². The Hall–Kier alpha value is -1.56. The molecule has 66 valence electrons. The molecule has 0 saturated carbocycles. The predicted octanol–water partition coefficient (Wildman–Crippen LogP) is 1.97. The third-order valence-electron chi connectivity index (χ3n) is 1.57. The number of nitrogens with zero attached hydrogens (tertiary/aromatic N) is 2. The van der Waals surface area contributed by atoms with Crippen molar-refractivity contribution in [2.45, 2.75) is 0 Å². The van der Waals surface area contributed by atoms with Gasteiger partial charge in [0.2, 0.25) is 12.2 Å². The van der Waals surface area contributed by atoms with E-state index >= 15 is 0 Å². The van der Waals surface area contributed by atoms with Crippen molar-refractivity contribution in [1.82, 2.24) is 0 Å². The molecule has 1 aliphatic heterocycles. The van der Waals surface area contributed by atoms with E-state index < -0.39 is 4.92 Å². The summed E-state index contributed by atoms with van der Waals surface area (Å²) in [5, 5.41) is 10.4. The van der Waals surface area contributed by atoms with Gasteiger partial charge in [0.1, 0.15) is 5.75 Å². The number of nitro groups is 1. The van der Waals surface area contributed by atoms with E-state index in [1.165, 1.54) is 18.3 Å². The number of fused-ring (bicyclic) bond motifs is 1. The lowest BCUT2D eigenvalue weighted by Crippen LogP contribution is -1.96. The minimum Gasteiger partial charge on any atom is -0.403 e. The van der Waals surface area contributed by atoms with Gasteiger partial charge < -0.3 is 4.18 Å². The zero-order valence-corrected chi connectivity index (χ0v) is 7.15. The van der Waals surface area contributed by atoms with Crippen LogP contribution in [0.4, 0.5) is 5.69 Å². The van der Waals surface area contributed by atoms with Gasteiger partial charge in [-0.2, -0.15) is 4.40 Å². The smallest absolute Gasteiger partial charge is 0.270 e. The summed E-state index contributed by atoms with van der Waals surface area (Å²) in [4.78, 5) is 9.95. The first-order valence-electron chi connectivity index (χ1n) is 3.43. The Morgan fingerprint density at radius 3 is 3.15 bits per heavy atom. The molecule has 0 unspecified atom stereocenters. The fourth-order valence-electron chi connectivity index (χ4n) is 0.966. The Kier molecular flexibility index (Phi) is 1.90. The normalized spacial score (nSPS) is 13.2. The third-order valence-corrected chi connectivity index (χ3v) is 2.01. The third kappa shape index (κ3) is 1.48. The molecule has 0 amide bonds. The molecule has 1 heterocycles. The summed E-state index contributed by atoms with van der Waals surface area (Å²) in [6, 6.07) is 4.39. The van der Waals surface area contributed by atoms with E-state index in [2.05, 4.69) is 4.40 Å². The van der Waals surface area contributed by atoms with Gasteiger partial charge in [-0.25, -0.2) is 0 Å². The lowest BCUT2D eigenvalue weighted by molar-refractivity contribution is -0.384. The molecule has 0 aromatic heterocycles. The van der Waals surface area contributed by atoms with E-state index in [0.29, 0.717) is 11.3 Å². The van der Waals surface area contributed by atoms with Crippen LogP contribution in [-0.2, 0) is 0 Å². The van der Waals surface area contributed by atoms with Gasteiger partial charge in [0.25, 0.3) is 5.69 Å². The van der Waals surface area contributed by atoms with Crippen LogP contribution in [0.25, 0.3) is 0 Å². The average molecular weight is 196 g/mol. The van der Waals surface area contributed by atoms with Crippen LogP contribution in [0.2, 0.25) is 0 Å². The van der Waals surface area contributed by atoms with Crippen LogP contribution >= 0.6 is 12.2 Å². The molecule has 13 heavy (non-hydrogen) atoms. The van der Waals surface area contributed by atoms with Crippen molar-refractivity contribution in [3.63, 3.8) is 0 Å². The van der Waals surface area contributed by atoms with Gasteiger partial charge in [-0.05, 0) is 6.07 Å². The van der Waals surface area contributed by atoms with Crippen LogP contribution in [0.3, 0.4) is 0 Å². The number of benzene rings is 1. The van der Waals surface area contributed by atoms with Crippen molar-refractivity contribution in [1.29, 1.82) is 0 Å². The first-order valence-corrected chi connectivity index (χ1v) is 4.13. The van der Waals surface area contributed by atoms with Gasteiger partial charge in [0.05, 0.1) is 4.92 Å². The highest BCUT2D eigenvalue weighted by Gasteiger charge is 2.12. The molecule has 0 bridgehead atoms. The fraction of sp³-hybridized carbons (Fsp3) is 0. The number of hydrogen-bond acceptors (Lipinski definition) is 5. The molecule has 0 atom stereocenters. The summed E-state index contributed by atoms with van der Waals surface area (Å²) < 4.78 is 8.82. The second-order valence-corrected chi connectivity index (χ2v) is 2.90. The summed E-state index contributed by atoms with van der Waals surface area (Å²) in [7, 11) is 0. The molecule has 5 nitrogen and oxygen atoms in total. The van der Waals surface area contributed by atoms with E-state index in [9.17, 15) is 10.1 Å². The molecule has 1 aromatic carbocycles. The van der Waals surface area contributed by atoms with Crippen molar-refractivity contribution in [2.24, 2.45) is 4.40 Å². The Labute approximate surface area is 77.9 Å². The van der Waals surface area contributed by atoms with E-state index in [0.717, 1.165) is 12.2 Å². The van der Waals surface area contributed by atoms with Crippen LogP contribution in [-0.4, -0.2) is 11.1 Å². The largest absolute Gasteiger partial charge is 0.403 e. The number of nitro benzene ring substituents is 1. The lowest BCUT2D eigenvalue weighted by Gasteiger charge is -2.07. The molecular formula is C7H4N2O3S. The van der Waals surface area contributed by atoms with E-state index in [-0.39, 0.29) is 5.69 Å². The maximum Gasteiger partial charge on any atom is 0.270 e. The van der Waals surface area contributed by atoms with Crippen molar-refractivity contribution < 1.29 is 9.11 Å². The molecule has 1 aromatic rings. The summed E-state index contributed by atoms with van der Waals surface area (Å²) in [6.07, 6.45) is 1.54. The highest BCUT2D eigenvalue weighted by molar-refractivity contribution is 7.93. The molecule has 0 N–H and O–H groups in total. The van der Waals surface area contributed by atoms with Gasteiger partial charge >= 0.3 is 0 Å². The molecule has 0 saturated heterocycles. The van der Waals surface area contributed by atoms with Gasteiger partial charge in [-0.1, -0.05) is 0 Å². The minimum atomic E-state index is -0.449. The van der Waals surface area contributed by atoms with Gasteiger partial charge in [-0.3, -0.25) is 10.1 Å². The summed E-state index contributed by atoms with van der Waals surface area (Å²) >= 11 is 0.951. The minimum absolute atomic E-state index is 0.0423. The molecule has 6 heteroatoms. The Morgan fingerprint density at radius 2 is 2.38 bits per heavy atom. The van der Waals surface area contributed by atoms with Crippen LogP contribution in [0.5, 0.6) is 5.75 Å². The van der Waals surface area contributed by atoms with E-state index in [1.54, 1.807) is 6.07 Å². The molecular weight excluding hydrogens is 192 g/mol. The molecule has 0 aliphatic carbocycles. The Morgan fingerprint density at radius 1 is 1.54 bits per heavy atom. The van der Waals surface area contributed by atoms with E-state index in [4.69, 9.17) is 4.18 Å². The van der Waals surface area contributed by atoms with Gasteiger partial charge in [0, 0.05) is 23.9 Å². The first-order chi connectivity index (χ1) is 6.27. The monoisotopic (exact) mass is 196 g/mol. The fourth-order valence-corrected chi connectivity index (χ4v) is 1.40. The summed E-state index contributed by atoms with van der Waals surface area (Å²) in [6.45, 7) is 0. The Bertz CT molecular complexity index is 391. The SMILES string of the molecule is O=[N+]([O-])c1ccc2c(c1)C=NSO2. The van der Waals surface area contributed by atoms with Crippen molar-refractivity contribution >= 4 is 24.1 Å². The quantitative estimate of drug-likeness (QED) is 0.298. The zero-order chi connectivity index (χ0) is 9.26. The van der Waals surface area contributed by atoms with Crippen LogP contribution in [0, 0.1) is 10.1 Å². The van der Waals surface area contributed by atoms with Crippen molar-refractivity contribution in [3.05, 3.63) is 33.9 Å². The second kappa shape index (κ2) is 3.06. The maximum absolute atomic E-state index is 10.4. The summed E-state index contributed by atoms with van der Waals surface area (Å²) in [5.41, 5.74) is 0.675. The number of rotatable bonds is 1. The number of hydrogen-bond donors (Lipinski definition) is 0. The molecule has 0 spiro atoms. The number of non-ortho nitro benzene ring substituents is 1. The molecule has 1 aliphatic rings. The first kappa shape index (κ1) is 8.06. The highest BCUT2D eigenvalue weighted by atomic mass is 32.2. The van der Waals surface area contributed by atoms with Crippen LogP contribution in [0.15, 0.2) is 22.6 Å². The zero-order valence-electron chi connectivity index (χ0n) is 6.34. The maximum atomic E-state index is 10.4. The van der Waals surface area contributed by atoms with Gasteiger partial charge in [-0.15, -0.1) is 0 Å². The average Bonchev–Trinajstić information content (AvgIpc) is 2.17. The van der Waals surface area contributed by atoms with Crippen molar-refractivity contribution in [3.8, 4) is 5.75 Å². The van der Waals surface area contributed by atoms with Crippen LogP contribution in [0.1, 0.15) is 5.56 Å². The van der Waals surface area contributed by atoms with Gasteiger partial charge in [0.15, 0.2) is 0 Å². The second-order valence-electron chi connectivity index (χ2n) is 2.37. The lowest BCUT2D eigenvalue weighted by atomic mass is 10.2. The Balaban J connectivity index is 2.48. The summed E-state index contributed by atoms with van der Waals surface area (Å²) in [5.74, 6) is 0.602. The molecule has 0 radical (unpaired) electrons. The van der Waals surface area contributed by atoms with Crippen LogP contribution < -0.4 is 4.18 Å². The topological polar surface area (TPSA) is 64.7 Å².